The van der Waals surface area contributed by atoms with Crippen molar-refractivity contribution in [2.45, 2.75) is 63.8 Å². The zero-order valence-corrected chi connectivity index (χ0v) is 23.4. The zero-order chi connectivity index (χ0) is 28.4. The van der Waals surface area contributed by atoms with Crippen LogP contribution in [-0.4, -0.2) is 65.9 Å². The zero-order valence-electron chi connectivity index (χ0n) is 22.6. The Hall–Kier alpha value is -3.28. The second kappa shape index (κ2) is 11.4. The van der Waals surface area contributed by atoms with Gasteiger partial charge in [-0.2, -0.15) is 4.31 Å². The Morgan fingerprint density at radius 3 is 2.56 bits per heavy atom. The van der Waals surface area contributed by atoms with E-state index in [1.807, 2.05) is 45.9 Å². The number of fused-ring (bicyclic) bond motifs is 1. The van der Waals surface area contributed by atoms with Gasteiger partial charge in [-0.05, 0) is 48.4 Å². The number of benzene rings is 1. The van der Waals surface area contributed by atoms with E-state index in [4.69, 9.17) is 4.42 Å². The van der Waals surface area contributed by atoms with Gasteiger partial charge in [0.15, 0.2) is 10.8 Å². The number of aliphatic hydroxyl groups is 1. The molecule has 10 nitrogen and oxygen atoms in total. The van der Waals surface area contributed by atoms with Crippen LogP contribution >= 0.6 is 0 Å². The summed E-state index contributed by atoms with van der Waals surface area (Å²) in [5.41, 5.74) is 0.00374. The minimum absolute atomic E-state index is 0.0891. The Bertz CT molecular complexity index is 1390. The quantitative estimate of drug-likeness (QED) is 0.387. The third-order valence-corrected chi connectivity index (χ3v) is 8.51. The molecule has 3 heterocycles. The Morgan fingerprint density at radius 1 is 1.18 bits per heavy atom. The lowest BCUT2D eigenvalue weighted by Gasteiger charge is -2.30. The Labute approximate surface area is 228 Å². The Balaban J connectivity index is 1.50. The lowest BCUT2D eigenvalue weighted by atomic mass is 9.85. The van der Waals surface area contributed by atoms with Crippen LogP contribution in [0.3, 0.4) is 0 Å². The van der Waals surface area contributed by atoms with Crippen molar-refractivity contribution < 1.29 is 27.5 Å². The van der Waals surface area contributed by atoms with Crippen LogP contribution in [0.25, 0.3) is 11.0 Å². The van der Waals surface area contributed by atoms with Gasteiger partial charge in [-0.15, -0.1) is 0 Å². The number of para-hydroxylation sites is 1. The fourth-order valence-electron chi connectivity index (χ4n) is 4.95. The summed E-state index contributed by atoms with van der Waals surface area (Å²) in [6.45, 7) is 7.61. The van der Waals surface area contributed by atoms with Gasteiger partial charge in [0, 0.05) is 24.7 Å². The van der Waals surface area contributed by atoms with Crippen molar-refractivity contribution >= 4 is 32.8 Å². The molecule has 3 atom stereocenters. The first-order chi connectivity index (χ1) is 18.4. The molecule has 11 heteroatoms. The highest BCUT2D eigenvalue weighted by Crippen LogP contribution is 2.31. The number of nitrogens with zero attached hydrogens (tertiary/aromatic N) is 2. The molecule has 1 fully saturated rings. The first-order valence-corrected chi connectivity index (χ1v) is 14.5. The van der Waals surface area contributed by atoms with Crippen LogP contribution < -0.4 is 10.6 Å². The minimum atomic E-state index is -3.95. The fourth-order valence-corrected chi connectivity index (χ4v) is 6.52. The molecule has 0 saturated carbocycles. The predicted octanol–water partition coefficient (Wildman–Crippen LogP) is 2.94. The van der Waals surface area contributed by atoms with Gasteiger partial charge in [-0.3, -0.25) is 9.59 Å². The molecule has 4 rings (SSSR count). The van der Waals surface area contributed by atoms with Crippen molar-refractivity contribution in [3.05, 3.63) is 60.5 Å². The predicted molar refractivity (Wildman–Crippen MR) is 146 cm³/mol. The molecule has 39 heavy (non-hydrogen) atoms. The van der Waals surface area contributed by atoms with E-state index in [2.05, 4.69) is 15.6 Å². The first-order valence-electron chi connectivity index (χ1n) is 13.0. The van der Waals surface area contributed by atoms with Crippen molar-refractivity contribution in [2.75, 3.05) is 13.1 Å². The maximum Gasteiger partial charge on any atom is 0.287 e. The molecule has 2 amide bonds. The van der Waals surface area contributed by atoms with Gasteiger partial charge in [0.05, 0.1) is 12.1 Å². The van der Waals surface area contributed by atoms with Crippen molar-refractivity contribution in [1.29, 1.82) is 0 Å². The summed E-state index contributed by atoms with van der Waals surface area (Å²) >= 11 is 0. The number of amides is 2. The number of hydrogen-bond donors (Lipinski definition) is 3. The standard InChI is InChI=1S/C28H36N4O6S/c1-18(2)13-20(30-27(35)24-14-19-9-5-6-10-23(19)38-24)26(34)31-21-15-28(3,4)17-32(16-22(21)33)39(36,37)25-11-7-8-12-29-25/h5-12,14,18,20-22,33H,13,15-17H2,1-4H3,(H,30,35)(H,31,34)/t20?,21?,22-/m0/s1. The third-order valence-electron chi connectivity index (χ3n) is 6.78. The molecule has 2 aromatic heterocycles. The number of hydrogen-bond acceptors (Lipinski definition) is 7. The van der Waals surface area contributed by atoms with Gasteiger partial charge < -0.3 is 20.2 Å². The van der Waals surface area contributed by atoms with Gasteiger partial charge in [-0.1, -0.05) is 52.0 Å². The van der Waals surface area contributed by atoms with Crippen molar-refractivity contribution in [3.8, 4) is 0 Å². The molecular weight excluding hydrogens is 520 g/mol. The second-order valence-corrected chi connectivity index (χ2v) is 13.2. The number of nitrogens with one attached hydrogen (secondary N) is 2. The van der Waals surface area contributed by atoms with Crippen LogP contribution in [0.4, 0.5) is 0 Å². The summed E-state index contributed by atoms with van der Waals surface area (Å²) in [5.74, 6) is -0.773. The van der Waals surface area contributed by atoms with Crippen LogP contribution in [-0.2, 0) is 14.8 Å². The van der Waals surface area contributed by atoms with Crippen LogP contribution in [0.15, 0.2) is 64.2 Å². The number of rotatable bonds is 8. The summed E-state index contributed by atoms with van der Waals surface area (Å²) in [4.78, 5) is 30.4. The average Bonchev–Trinajstić information content (AvgIpc) is 3.27. The third kappa shape index (κ3) is 6.84. The number of β-amino-alcohol motifs (C(OH)–C–C–N with tert-alkyl or cyclic N) is 1. The first kappa shape index (κ1) is 28.7. The highest BCUT2D eigenvalue weighted by Gasteiger charge is 2.41. The van der Waals surface area contributed by atoms with E-state index in [1.54, 1.807) is 24.3 Å². The molecule has 0 bridgehead atoms. The van der Waals surface area contributed by atoms with Gasteiger partial charge in [0.25, 0.3) is 15.9 Å². The van der Waals surface area contributed by atoms with Crippen molar-refractivity contribution in [1.82, 2.24) is 19.9 Å². The molecule has 3 N–H and O–H groups in total. The number of pyridine rings is 1. The van der Waals surface area contributed by atoms with Crippen LogP contribution in [0, 0.1) is 11.3 Å². The molecule has 0 aliphatic carbocycles. The molecule has 3 aromatic rings. The summed E-state index contributed by atoms with van der Waals surface area (Å²) in [6, 6.07) is 11.9. The summed E-state index contributed by atoms with van der Waals surface area (Å²) in [7, 11) is -3.95. The molecule has 210 valence electrons. The van der Waals surface area contributed by atoms with Gasteiger partial charge >= 0.3 is 0 Å². The lowest BCUT2D eigenvalue weighted by Crippen LogP contribution is -2.54. The molecule has 1 aliphatic heterocycles. The largest absolute Gasteiger partial charge is 0.451 e. The molecule has 1 aromatic carbocycles. The second-order valence-electron chi connectivity index (χ2n) is 11.3. The SMILES string of the molecule is CC(C)CC(NC(=O)c1cc2ccccc2o1)C(=O)NC1CC(C)(C)CN(S(=O)(=O)c2ccccn2)C[C@@H]1O. The number of carbonyl (C=O) groups is 2. The number of aliphatic hydroxyl groups excluding tert-OH is 1. The minimum Gasteiger partial charge on any atom is -0.451 e. The maximum absolute atomic E-state index is 13.4. The smallest absolute Gasteiger partial charge is 0.287 e. The topological polar surface area (TPSA) is 142 Å². The summed E-state index contributed by atoms with van der Waals surface area (Å²) in [5, 5.41) is 17.4. The highest BCUT2D eigenvalue weighted by molar-refractivity contribution is 7.89. The van der Waals surface area contributed by atoms with E-state index < -0.39 is 45.4 Å². The molecule has 0 spiro atoms. The fraction of sp³-hybridized carbons (Fsp3) is 0.464. The number of furan rings is 1. The summed E-state index contributed by atoms with van der Waals surface area (Å²) in [6.07, 6.45) is 0.939. The maximum atomic E-state index is 13.4. The lowest BCUT2D eigenvalue weighted by molar-refractivity contribution is -0.125. The number of carbonyl (C=O) groups excluding carboxylic acids is 2. The molecular formula is C28H36N4O6S. The van der Waals surface area contributed by atoms with E-state index in [0.717, 1.165) is 5.39 Å². The van der Waals surface area contributed by atoms with Gasteiger partial charge in [-0.25, -0.2) is 13.4 Å². The number of aromatic nitrogens is 1. The van der Waals surface area contributed by atoms with Crippen molar-refractivity contribution in [3.63, 3.8) is 0 Å². The summed E-state index contributed by atoms with van der Waals surface area (Å²) < 4.78 is 33.4. The monoisotopic (exact) mass is 556 g/mol. The van der Waals surface area contributed by atoms with E-state index in [9.17, 15) is 23.1 Å². The van der Waals surface area contributed by atoms with Gasteiger partial charge in [0.1, 0.15) is 11.6 Å². The van der Waals surface area contributed by atoms with Crippen LogP contribution in [0.1, 0.15) is 51.1 Å². The van der Waals surface area contributed by atoms with E-state index in [0.29, 0.717) is 18.4 Å². The normalized spacial score (nSPS) is 20.9. The average molecular weight is 557 g/mol. The number of sulfonamides is 1. The van der Waals surface area contributed by atoms with E-state index in [-0.39, 0.29) is 29.8 Å². The van der Waals surface area contributed by atoms with Crippen LogP contribution in [0.5, 0.6) is 0 Å². The molecule has 1 aliphatic rings. The van der Waals surface area contributed by atoms with Crippen molar-refractivity contribution in [2.24, 2.45) is 11.3 Å². The molecule has 2 unspecified atom stereocenters. The molecule has 0 radical (unpaired) electrons. The van der Waals surface area contributed by atoms with Crippen LogP contribution in [0.2, 0.25) is 0 Å². The van der Waals surface area contributed by atoms with E-state index >= 15 is 0 Å². The molecule has 1 saturated heterocycles. The highest BCUT2D eigenvalue weighted by atomic mass is 32.2. The Kier molecular flexibility index (Phi) is 8.43. The van der Waals surface area contributed by atoms with Gasteiger partial charge in [0.2, 0.25) is 5.91 Å². The Morgan fingerprint density at radius 2 is 1.90 bits per heavy atom. The van der Waals surface area contributed by atoms with E-state index in [1.165, 1.54) is 16.6 Å².